The van der Waals surface area contributed by atoms with Gasteiger partial charge in [-0.25, -0.2) is 0 Å². The minimum atomic E-state index is -1.26. The normalized spacial score (nSPS) is 25.5. The first-order chi connectivity index (χ1) is 16.2. The summed E-state index contributed by atoms with van der Waals surface area (Å²) in [5.41, 5.74) is -0.360. The van der Waals surface area contributed by atoms with Gasteiger partial charge in [0.15, 0.2) is 0 Å². The molecule has 0 radical (unpaired) electrons. The molecule has 9 heteroatoms. The van der Waals surface area contributed by atoms with Crippen LogP contribution in [0, 0.1) is 0 Å². The molecule has 0 aromatic heterocycles. The molecule has 4 amide bonds. The summed E-state index contributed by atoms with van der Waals surface area (Å²) >= 11 is 4.22. The average Bonchev–Trinajstić information content (AvgIpc) is 3.30. The molecule has 1 aromatic rings. The first kappa shape index (κ1) is 26.1. The number of fused-ring (bicyclic) bond motifs is 1. The van der Waals surface area contributed by atoms with Crippen LogP contribution in [-0.2, 0) is 25.6 Å². The predicted octanol–water partition coefficient (Wildman–Crippen LogP) is 1.59. The largest absolute Gasteiger partial charge is 0.343 e. The molecule has 2 saturated heterocycles. The van der Waals surface area contributed by atoms with Crippen molar-refractivity contribution in [3.8, 4) is 0 Å². The minimum Gasteiger partial charge on any atom is -0.343 e. The van der Waals surface area contributed by atoms with Crippen molar-refractivity contribution in [1.82, 2.24) is 20.9 Å². The maximum absolute atomic E-state index is 13.6. The van der Waals surface area contributed by atoms with Crippen LogP contribution < -0.4 is 16.0 Å². The monoisotopic (exact) mass is 488 g/mol. The Morgan fingerprint density at radius 3 is 2.41 bits per heavy atom. The highest BCUT2D eigenvalue weighted by Gasteiger charge is 2.42. The molecule has 0 unspecified atom stereocenters. The van der Waals surface area contributed by atoms with E-state index in [-0.39, 0.29) is 11.8 Å². The van der Waals surface area contributed by atoms with Crippen LogP contribution in [0.15, 0.2) is 30.3 Å². The van der Waals surface area contributed by atoms with E-state index in [2.05, 4.69) is 28.6 Å². The molecular weight excluding hydrogens is 452 g/mol. The van der Waals surface area contributed by atoms with Crippen molar-refractivity contribution in [2.75, 3.05) is 12.3 Å². The second-order valence-corrected chi connectivity index (χ2v) is 10.1. The molecule has 0 bridgehead atoms. The van der Waals surface area contributed by atoms with E-state index in [4.69, 9.17) is 0 Å². The number of carbonyl (C=O) groups is 4. The van der Waals surface area contributed by atoms with E-state index in [9.17, 15) is 19.2 Å². The Kier molecular flexibility index (Phi) is 8.99. The standard InChI is InChI=1S/C25H36N4O4S/c1-25(2)24(33)27-19(16-17-10-5-3-6-11-17)23(32)29-14-9-13-20(29)22(31)26-18(21(30)28-25)12-7-4-8-15-34/h3,5-6,10-11,18-20,34H,4,7-9,12-16H2,1-2H3,(H,26,31)(H,27,33)(H,28,30)/t18-,19-,20+/m0/s1. The summed E-state index contributed by atoms with van der Waals surface area (Å²) in [5, 5.41) is 8.52. The summed E-state index contributed by atoms with van der Waals surface area (Å²) < 4.78 is 0. The number of unbranched alkanes of at least 4 members (excludes halogenated alkanes) is 2. The van der Waals surface area contributed by atoms with Gasteiger partial charge in [-0.05, 0) is 50.8 Å². The molecule has 186 valence electrons. The number of amides is 4. The smallest absolute Gasteiger partial charge is 0.246 e. The van der Waals surface area contributed by atoms with Gasteiger partial charge in [-0.2, -0.15) is 12.6 Å². The number of nitrogens with zero attached hydrogens (tertiary/aromatic N) is 1. The molecule has 2 heterocycles. The summed E-state index contributed by atoms with van der Waals surface area (Å²) in [6, 6.07) is 7.19. The van der Waals surface area contributed by atoms with E-state index in [0.29, 0.717) is 32.2 Å². The molecule has 2 fully saturated rings. The zero-order valence-electron chi connectivity index (χ0n) is 20.0. The quantitative estimate of drug-likeness (QED) is 0.345. The van der Waals surface area contributed by atoms with Gasteiger partial charge in [0, 0.05) is 13.0 Å². The first-order valence-corrected chi connectivity index (χ1v) is 12.7. The van der Waals surface area contributed by atoms with E-state index < -0.39 is 35.5 Å². The molecule has 3 N–H and O–H groups in total. The van der Waals surface area contributed by atoms with Crippen LogP contribution in [0.1, 0.15) is 57.9 Å². The number of rotatable bonds is 7. The lowest BCUT2D eigenvalue weighted by Crippen LogP contribution is -2.64. The second kappa shape index (κ2) is 11.7. The highest BCUT2D eigenvalue weighted by Crippen LogP contribution is 2.21. The fourth-order valence-electron chi connectivity index (χ4n) is 4.52. The number of hydrogen-bond donors (Lipinski definition) is 4. The van der Waals surface area contributed by atoms with Gasteiger partial charge >= 0.3 is 0 Å². The molecule has 0 saturated carbocycles. The summed E-state index contributed by atoms with van der Waals surface area (Å²) in [4.78, 5) is 54.7. The lowest BCUT2D eigenvalue weighted by Gasteiger charge is -2.34. The lowest BCUT2D eigenvalue weighted by molar-refractivity contribution is -0.144. The Morgan fingerprint density at radius 1 is 0.971 bits per heavy atom. The van der Waals surface area contributed by atoms with Crippen LogP contribution in [0.4, 0.5) is 0 Å². The molecule has 8 nitrogen and oxygen atoms in total. The van der Waals surface area contributed by atoms with Gasteiger partial charge in [-0.1, -0.05) is 43.2 Å². The molecule has 34 heavy (non-hydrogen) atoms. The zero-order chi connectivity index (χ0) is 24.7. The third-order valence-corrected chi connectivity index (χ3v) is 6.83. The van der Waals surface area contributed by atoms with Crippen LogP contribution in [-0.4, -0.2) is 64.5 Å². The summed E-state index contributed by atoms with van der Waals surface area (Å²) in [7, 11) is 0. The number of carbonyl (C=O) groups excluding carboxylic acids is 4. The summed E-state index contributed by atoms with van der Waals surface area (Å²) in [6.45, 7) is 3.66. The predicted molar refractivity (Wildman–Crippen MR) is 133 cm³/mol. The van der Waals surface area contributed by atoms with Gasteiger partial charge < -0.3 is 20.9 Å². The van der Waals surface area contributed by atoms with Gasteiger partial charge in [0.2, 0.25) is 23.6 Å². The van der Waals surface area contributed by atoms with Crippen molar-refractivity contribution in [1.29, 1.82) is 0 Å². The first-order valence-electron chi connectivity index (χ1n) is 12.1. The van der Waals surface area contributed by atoms with Crippen LogP contribution in [0.25, 0.3) is 0 Å². The van der Waals surface area contributed by atoms with Gasteiger partial charge in [-0.15, -0.1) is 0 Å². The Bertz CT molecular complexity index is 892. The molecule has 0 aliphatic carbocycles. The summed E-state index contributed by atoms with van der Waals surface area (Å²) in [5.74, 6) is -0.659. The summed E-state index contributed by atoms with van der Waals surface area (Å²) in [6.07, 6.45) is 4.55. The maximum Gasteiger partial charge on any atom is 0.246 e. The molecule has 3 rings (SSSR count). The Balaban J connectivity index is 1.88. The molecular formula is C25H36N4O4S. The Morgan fingerprint density at radius 2 is 1.71 bits per heavy atom. The van der Waals surface area contributed by atoms with Crippen LogP contribution in [0.3, 0.4) is 0 Å². The second-order valence-electron chi connectivity index (χ2n) is 9.65. The van der Waals surface area contributed by atoms with Crippen molar-refractivity contribution in [2.45, 2.75) is 82.5 Å². The van der Waals surface area contributed by atoms with Gasteiger partial charge in [0.25, 0.3) is 0 Å². The number of benzene rings is 1. The van der Waals surface area contributed by atoms with Crippen molar-refractivity contribution in [3.05, 3.63) is 35.9 Å². The third-order valence-electron chi connectivity index (χ3n) is 6.51. The van der Waals surface area contributed by atoms with Crippen molar-refractivity contribution in [2.24, 2.45) is 0 Å². The van der Waals surface area contributed by atoms with Crippen LogP contribution in [0.2, 0.25) is 0 Å². The molecule has 2 aliphatic heterocycles. The molecule has 3 atom stereocenters. The van der Waals surface area contributed by atoms with Crippen LogP contribution in [0.5, 0.6) is 0 Å². The highest BCUT2D eigenvalue weighted by atomic mass is 32.1. The number of hydrogen-bond acceptors (Lipinski definition) is 5. The minimum absolute atomic E-state index is 0.275. The fourth-order valence-corrected chi connectivity index (χ4v) is 4.74. The molecule has 2 aliphatic rings. The maximum atomic E-state index is 13.6. The molecule has 1 aromatic carbocycles. The highest BCUT2D eigenvalue weighted by molar-refractivity contribution is 7.80. The van der Waals surface area contributed by atoms with Crippen molar-refractivity contribution >= 4 is 36.3 Å². The number of nitrogens with one attached hydrogen (secondary N) is 3. The Labute approximate surface area is 207 Å². The van der Waals surface area contributed by atoms with E-state index in [1.165, 1.54) is 0 Å². The topological polar surface area (TPSA) is 108 Å². The third kappa shape index (κ3) is 6.52. The average molecular weight is 489 g/mol. The Hall–Kier alpha value is -2.55. The van der Waals surface area contributed by atoms with Gasteiger partial charge in [-0.3, -0.25) is 19.2 Å². The van der Waals surface area contributed by atoms with E-state index in [0.717, 1.165) is 30.6 Å². The van der Waals surface area contributed by atoms with Crippen molar-refractivity contribution in [3.63, 3.8) is 0 Å². The molecule has 0 spiro atoms. The van der Waals surface area contributed by atoms with E-state index in [1.807, 2.05) is 30.3 Å². The van der Waals surface area contributed by atoms with Crippen molar-refractivity contribution < 1.29 is 19.2 Å². The number of thiol groups is 1. The SMILES string of the molecule is CC1(C)NC(=O)[C@H](CCCCCS)NC(=O)[C@H]2CCCN2C(=O)[C@H](Cc2ccccc2)NC1=O. The fraction of sp³-hybridized carbons (Fsp3) is 0.600. The van der Waals surface area contributed by atoms with Crippen LogP contribution >= 0.6 is 12.6 Å². The van der Waals surface area contributed by atoms with Gasteiger partial charge in [0.1, 0.15) is 23.7 Å². The lowest BCUT2D eigenvalue weighted by atomic mass is 9.98. The van der Waals surface area contributed by atoms with Gasteiger partial charge in [0.05, 0.1) is 0 Å². The van der Waals surface area contributed by atoms with E-state index >= 15 is 0 Å². The van der Waals surface area contributed by atoms with E-state index in [1.54, 1.807) is 18.7 Å². The zero-order valence-corrected chi connectivity index (χ0v) is 20.9.